The Morgan fingerprint density at radius 1 is 1.16 bits per heavy atom. The molecule has 1 aliphatic heterocycles. The van der Waals surface area contributed by atoms with Gasteiger partial charge in [0.05, 0.1) is 6.10 Å². The molecule has 0 bridgehead atoms. The average Bonchev–Trinajstić information content (AvgIpc) is 2.88. The van der Waals surface area contributed by atoms with E-state index in [1.165, 1.54) is 0 Å². The van der Waals surface area contributed by atoms with Gasteiger partial charge in [-0.15, -0.1) is 0 Å². The zero-order valence-electron chi connectivity index (χ0n) is 11.3. The lowest BCUT2D eigenvalue weighted by Crippen LogP contribution is -2.29. The van der Waals surface area contributed by atoms with Crippen LogP contribution in [0.4, 0.5) is 5.69 Å². The molecule has 1 fully saturated rings. The number of aliphatic hydroxyl groups is 1. The average molecular weight is 263 g/mol. The van der Waals surface area contributed by atoms with Gasteiger partial charge in [-0.3, -0.25) is 0 Å². The van der Waals surface area contributed by atoms with E-state index in [1.54, 1.807) is 0 Å². The molecule has 0 saturated heterocycles. The Labute approximate surface area is 113 Å². The predicted molar refractivity (Wildman–Crippen MR) is 73.8 cm³/mol. The third kappa shape index (κ3) is 2.78. The van der Waals surface area contributed by atoms with E-state index in [9.17, 15) is 5.11 Å². The van der Waals surface area contributed by atoms with E-state index in [0.29, 0.717) is 12.7 Å². The number of benzene rings is 1. The van der Waals surface area contributed by atoms with Crippen molar-refractivity contribution in [3.05, 3.63) is 18.2 Å². The van der Waals surface area contributed by atoms with Crippen LogP contribution in [0.5, 0.6) is 11.5 Å². The molecular weight excluding hydrogens is 242 g/mol. The Hall–Kier alpha value is -1.42. The molecule has 0 atom stereocenters. The number of nitrogens with zero attached hydrogens (tertiary/aromatic N) is 1. The van der Waals surface area contributed by atoms with Crippen molar-refractivity contribution in [1.82, 2.24) is 0 Å². The smallest absolute Gasteiger partial charge is 0.231 e. The lowest BCUT2D eigenvalue weighted by Gasteiger charge is -2.30. The SMILES string of the molecule is CN(CC1CCC(O)CC1)c1ccc2c(c1)OCO2. The molecule has 1 N–H and O–H groups in total. The summed E-state index contributed by atoms with van der Waals surface area (Å²) in [6, 6.07) is 6.09. The lowest BCUT2D eigenvalue weighted by molar-refractivity contribution is 0.110. The van der Waals surface area contributed by atoms with Crippen LogP contribution in [-0.2, 0) is 0 Å². The Kier molecular flexibility index (Phi) is 3.51. The van der Waals surface area contributed by atoms with Gasteiger partial charge >= 0.3 is 0 Å². The summed E-state index contributed by atoms with van der Waals surface area (Å²) < 4.78 is 10.7. The molecule has 0 radical (unpaired) electrons. The molecule has 1 aliphatic carbocycles. The minimum Gasteiger partial charge on any atom is -0.454 e. The van der Waals surface area contributed by atoms with E-state index in [1.807, 2.05) is 12.1 Å². The van der Waals surface area contributed by atoms with Gasteiger partial charge in [0.2, 0.25) is 6.79 Å². The van der Waals surface area contributed by atoms with Crippen LogP contribution in [-0.4, -0.2) is 31.6 Å². The van der Waals surface area contributed by atoms with Crippen molar-refractivity contribution in [2.45, 2.75) is 31.8 Å². The molecule has 4 heteroatoms. The largest absolute Gasteiger partial charge is 0.454 e. The quantitative estimate of drug-likeness (QED) is 0.909. The molecular formula is C15H21NO3. The number of aliphatic hydroxyl groups excluding tert-OH is 1. The van der Waals surface area contributed by atoms with Crippen LogP contribution in [0.3, 0.4) is 0 Å². The summed E-state index contributed by atoms with van der Waals surface area (Å²) in [7, 11) is 2.11. The highest BCUT2D eigenvalue weighted by atomic mass is 16.7. The Balaban J connectivity index is 1.62. The van der Waals surface area contributed by atoms with Crippen LogP contribution in [0.2, 0.25) is 0 Å². The zero-order chi connectivity index (χ0) is 13.2. The second-order valence-corrected chi connectivity index (χ2v) is 5.59. The molecule has 0 aromatic heterocycles. The Bertz CT molecular complexity index is 441. The van der Waals surface area contributed by atoms with Crippen LogP contribution < -0.4 is 14.4 Å². The minimum atomic E-state index is -0.0768. The number of hydrogen-bond acceptors (Lipinski definition) is 4. The normalized spacial score (nSPS) is 25.4. The summed E-state index contributed by atoms with van der Waals surface area (Å²) in [6.45, 7) is 1.36. The molecule has 0 unspecified atom stereocenters. The summed E-state index contributed by atoms with van der Waals surface area (Å²) >= 11 is 0. The van der Waals surface area contributed by atoms with Gasteiger partial charge in [-0.2, -0.15) is 0 Å². The van der Waals surface area contributed by atoms with Gasteiger partial charge in [0.1, 0.15) is 0 Å². The first-order chi connectivity index (χ1) is 9.22. The first-order valence-electron chi connectivity index (χ1n) is 7.01. The predicted octanol–water partition coefficient (Wildman–Crippen LogP) is 2.40. The van der Waals surface area contributed by atoms with E-state index >= 15 is 0 Å². The third-order valence-electron chi connectivity index (χ3n) is 4.15. The molecule has 19 heavy (non-hydrogen) atoms. The van der Waals surface area contributed by atoms with Crippen molar-refractivity contribution in [3.8, 4) is 11.5 Å². The third-order valence-corrected chi connectivity index (χ3v) is 4.15. The monoisotopic (exact) mass is 263 g/mol. The summed E-state index contributed by atoms with van der Waals surface area (Å²) in [5.41, 5.74) is 1.16. The fourth-order valence-corrected chi connectivity index (χ4v) is 2.94. The van der Waals surface area contributed by atoms with E-state index in [2.05, 4.69) is 18.0 Å². The van der Waals surface area contributed by atoms with Crippen molar-refractivity contribution >= 4 is 5.69 Å². The van der Waals surface area contributed by atoms with Gasteiger partial charge in [-0.05, 0) is 43.7 Å². The van der Waals surface area contributed by atoms with Crippen LogP contribution in [0, 0.1) is 5.92 Å². The standard InChI is InChI=1S/C15H21NO3/c1-16(9-11-2-5-13(17)6-3-11)12-4-7-14-15(8-12)19-10-18-14/h4,7-8,11,13,17H,2-3,5-6,9-10H2,1H3. The van der Waals surface area contributed by atoms with E-state index < -0.39 is 0 Å². The minimum absolute atomic E-state index is 0.0768. The van der Waals surface area contributed by atoms with Crippen molar-refractivity contribution in [3.63, 3.8) is 0 Å². The van der Waals surface area contributed by atoms with Gasteiger partial charge in [0.15, 0.2) is 11.5 Å². The fraction of sp³-hybridized carbons (Fsp3) is 0.600. The Morgan fingerprint density at radius 3 is 2.68 bits per heavy atom. The molecule has 0 spiro atoms. The zero-order valence-corrected chi connectivity index (χ0v) is 11.3. The first kappa shape index (κ1) is 12.6. The van der Waals surface area contributed by atoms with E-state index in [-0.39, 0.29) is 6.10 Å². The summed E-state index contributed by atoms with van der Waals surface area (Å²) in [5, 5.41) is 9.54. The maximum Gasteiger partial charge on any atom is 0.231 e. The van der Waals surface area contributed by atoms with Crippen molar-refractivity contribution < 1.29 is 14.6 Å². The highest BCUT2D eigenvalue weighted by Gasteiger charge is 2.21. The van der Waals surface area contributed by atoms with Crippen molar-refractivity contribution in [2.75, 3.05) is 25.3 Å². The molecule has 0 amide bonds. The molecule has 104 valence electrons. The van der Waals surface area contributed by atoms with Gasteiger partial charge in [0, 0.05) is 25.3 Å². The Morgan fingerprint density at radius 2 is 1.89 bits per heavy atom. The molecule has 4 nitrogen and oxygen atoms in total. The van der Waals surface area contributed by atoms with Crippen LogP contribution >= 0.6 is 0 Å². The molecule has 1 aromatic carbocycles. The summed E-state index contributed by atoms with van der Waals surface area (Å²) in [6.07, 6.45) is 4.05. The molecule has 1 heterocycles. The molecule has 1 saturated carbocycles. The molecule has 2 aliphatic rings. The summed E-state index contributed by atoms with van der Waals surface area (Å²) in [5.74, 6) is 2.35. The maximum atomic E-state index is 9.54. The maximum absolute atomic E-state index is 9.54. The van der Waals surface area contributed by atoms with Crippen molar-refractivity contribution in [2.24, 2.45) is 5.92 Å². The summed E-state index contributed by atoms with van der Waals surface area (Å²) in [4.78, 5) is 2.27. The van der Waals surface area contributed by atoms with E-state index in [0.717, 1.165) is 49.4 Å². The topological polar surface area (TPSA) is 41.9 Å². The van der Waals surface area contributed by atoms with Gasteiger partial charge in [0.25, 0.3) is 0 Å². The van der Waals surface area contributed by atoms with Crippen LogP contribution in [0.25, 0.3) is 0 Å². The lowest BCUT2D eigenvalue weighted by atomic mass is 9.87. The second kappa shape index (κ2) is 5.29. The highest BCUT2D eigenvalue weighted by molar-refractivity contribution is 5.56. The molecule has 1 aromatic rings. The van der Waals surface area contributed by atoms with Gasteiger partial charge in [-0.1, -0.05) is 0 Å². The van der Waals surface area contributed by atoms with E-state index in [4.69, 9.17) is 9.47 Å². The number of fused-ring (bicyclic) bond motifs is 1. The first-order valence-corrected chi connectivity index (χ1v) is 7.01. The van der Waals surface area contributed by atoms with Crippen LogP contribution in [0.15, 0.2) is 18.2 Å². The fourth-order valence-electron chi connectivity index (χ4n) is 2.94. The second-order valence-electron chi connectivity index (χ2n) is 5.59. The van der Waals surface area contributed by atoms with Gasteiger partial charge in [-0.25, -0.2) is 0 Å². The van der Waals surface area contributed by atoms with Crippen LogP contribution in [0.1, 0.15) is 25.7 Å². The molecule has 3 rings (SSSR count). The highest BCUT2D eigenvalue weighted by Crippen LogP contribution is 2.35. The van der Waals surface area contributed by atoms with Crippen molar-refractivity contribution in [1.29, 1.82) is 0 Å². The number of rotatable bonds is 3. The number of anilines is 1. The number of ether oxygens (including phenoxy) is 2. The number of hydrogen-bond donors (Lipinski definition) is 1. The van der Waals surface area contributed by atoms with Gasteiger partial charge < -0.3 is 19.5 Å².